The van der Waals surface area contributed by atoms with Crippen LogP contribution in [-0.2, 0) is 4.79 Å². The predicted octanol–water partition coefficient (Wildman–Crippen LogP) is 3.35. The number of aromatic nitrogens is 4. The van der Waals surface area contributed by atoms with Crippen LogP contribution in [0, 0.1) is 11.3 Å². The highest BCUT2D eigenvalue weighted by molar-refractivity contribution is 5.91. The zero-order valence-electron chi connectivity index (χ0n) is 19.9. The third kappa shape index (κ3) is 5.47. The molecule has 5 heterocycles. The maximum Gasteiger partial charge on any atom is 0.239 e. The molecule has 36 heavy (non-hydrogen) atoms. The van der Waals surface area contributed by atoms with Crippen LogP contribution in [0.5, 0.6) is 0 Å². The number of nitriles is 1. The fraction of sp³-hybridized carbons (Fsp3) is 0.308. The molecule has 3 aromatic heterocycles. The summed E-state index contributed by atoms with van der Waals surface area (Å²) in [5, 5.41) is 15.7. The lowest BCUT2D eigenvalue weighted by molar-refractivity contribution is -0.117. The van der Waals surface area contributed by atoms with Crippen molar-refractivity contribution in [3.05, 3.63) is 60.6 Å². The molecule has 0 aliphatic carbocycles. The van der Waals surface area contributed by atoms with E-state index in [1.165, 1.54) is 0 Å². The highest BCUT2D eigenvalue weighted by Gasteiger charge is 2.20. The number of amides is 1. The second-order valence-corrected chi connectivity index (χ2v) is 8.98. The van der Waals surface area contributed by atoms with Gasteiger partial charge in [0.15, 0.2) is 0 Å². The molecular formula is C26H27N9O. The molecule has 2 saturated heterocycles. The summed E-state index contributed by atoms with van der Waals surface area (Å²) in [5.41, 5.74) is 3.70. The molecule has 1 amide bonds. The Bertz CT molecular complexity index is 1310. The minimum Gasteiger partial charge on any atom is -0.351 e. The Kier molecular flexibility index (Phi) is 6.82. The molecule has 2 N–H and O–H groups in total. The average Bonchev–Trinajstić information content (AvgIpc) is 3.56. The topological polar surface area (TPSA) is 123 Å². The molecule has 0 spiro atoms. The molecule has 10 heteroatoms. The van der Waals surface area contributed by atoms with Gasteiger partial charge in [0.05, 0.1) is 29.7 Å². The van der Waals surface area contributed by atoms with E-state index in [2.05, 4.69) is 53.0 Å². The number of hydrogen-bond acceptors (Lipinski definition) is 9. The van der Waals surface area contributed by atoms with E-state index in [1.54, 1.807) is 36.8 Å². The number of anilines is 4. The van der Waals surface area contributed by atoms with Crippen LogP contribution in [0.15, 0.2) is 55.0 Å². The van der Waals surface area contributed by atoms with E-state index < -0.39 is 0 Å². The molecule has 0 atom stereocenters. The summed E-state index contributed by atoms with van der Waals surface area (Å²) >= 11 is 0. The van der Waals surface area contributed by atoms with Gasteiger partial charge in [0.25, 0.3) is 0 Å². The third-order valence-electron chi connectivity index (χ3n) is 6.24. The van der Waals surface area contributed by atoms with Gasteiger partial charge < -0.3 is 15.5 Å². The molecule has 0 bridgehead atoms. The van der Waals surface area contributed by atoms with Crippen LogP contribution in [0.1, 0.15) is 24.8 Å². The van der Waals surface area contributed by atoms with E-state index >= 15 is 0 Å². The standard InChI is InChI=1S/C26H27N9O/c1-18-7-11-35(16-18)25-19(13-27)12-20(14-30-25)22-6-8-28-26(32-22)31-21-4-5-23(29-15-21)33-24(36)17-34-9-2-3-10-34/h4-6,8,12,14-15H,1-3,7,9-11,16-17H2,(H,28,31,32)(H,29,33,36). The number of nitrogens with zero attached hydrogens (tertiary/aromatic N) is 7. The van der Waals surface area contributed by atoms with Gasteiger partial charge in [-0.15, -0.1) is 0 Å². The SMILES string of the molecule is C=C1CCN(c2ncc(-c3ccnc(Nc4ccc(NC(=O)CN5CCCC5)nc4)n3)cc2C#N)C1. The highest BCUT2D eigenvalue weighted by Crippen LogP contribution is 2.27. The largest absolute Gasteiger partial charge is 0.351 e. The molecule has 0 unspecified atom stereocenters. The Morgan fingerprint density at radius 2 is 1.97 bits per heavy atom. The Labute approximate surface area is 209 Å². The van der Waals surface area contributed by atoms with Crippen LogP contribution in [0.2, 0.25) is 0 Å². The minimum absolute atomic E-state index is 0.0628. The van der Waals surface area contributed by atoms with E-state index in [9.17, 15) is 10.1 Å². The first-order valence-corrected chi connectivity index (χ1v) is 12.0. The molecule has 0 radical (unpaired) electrons. The van der Waals surface area contributed by atoms with Gasteiger partial charge in [0.1, 0.15) is 17.7 Å². The summed E-state index contributed by atoms with van der Waals surface area (Å²) in [6.07, 6.45) is 8.20. The van der Waals surface area contributed by atoms with Crippen molar-refractivity contribution in [2.45, 2.75) is 19.3 Å². The van der Waals surface area contributed by atoms with Crippen molar-refractivity contribution >= 4 is 29.2 Å². The van der Waals surface area contributed by atoms with E-state index in [4.69, 9.17) is 0 Å². The van der Waals surface area contributed by atoms with Gasteiger partial charge in [-0.2, -0.15) is 5.26 Å². The van der Waals surface area contributed by atoms with Crippen molar-refractivity contribution in [3.63, 3.8) is 0 Å². The summed E-state index contributed by atoms with van der Waals surface area (Å²) in [6, 6.07) is 9.38. The smallest absolute Gasteiger partial charge is 0.239 e. The molecular weight excluding hydrogens is 454 g/mol. The predicted molar refractivity (Wildman–Crippen MR) is 138 cm³/mol. The van der Waals surface area contributed by atoms with Crippen LogP contribution >= 0.6 is 0 Å². The number of carbonyl (C=O) groups excluding carboxylic acids is 1. The van der Waals surface area contributed by atoms with E-state index in [1.807, 2.05) is 6.07 Å². The third-order valence-corrected chi connectivity index (χ3v) is 6.24. The lowest BCUT2D eigenvalue weighted by Crippen LogP contribution is -2.31. The fourth-order valence-electron chi connectivity index (χ4n) is 4.41. The average molecular weight is 482 g/mol. The number of likely N-dealkylation sites (tertiary alicyclic amines) is 1. The quantitative estimate of drug-likeness (QED) is 0.489. The van der Waals surface area contributed by atoms with Gasteiger partial charge >= 0.3 is 0 Å². The molecule has 0 saturated carbocycles. The van der Waals surface area contributed by atoms with Crippen molar-refractivity contribution in [1.29, 1.82) is 5.26 Å². The molecule has 182 valence electrons. The van der Waals surface area contributed by atoms with Crippen LogP contribution in [0.25, 0.3) is 11.3 Å². The highest BCUT2D eigenvalue weighted by atomic mass is 16.2. The van der Waals surface area contributed by atoms with Crippen molar-refractivity contribution in [2.24, 2.45) is 0 Å². The Morgan fingerprint density at radius 1 is 1.11 bits per heavy atom. The zero-order valence-corrected chi connectivity index (χ0v) is 19.9. The number of carbonyl (C=O) groups is 1. The van der Waals surface area contributed by atoms with Crippen LogP contribution in [-0.4, -0.2) is 63.5 Å². The molecule has 10 nitrogen and oxygen atoms in total. The molecule has 2 fully saturated rings. The van der Waals surface area contributed by atoms with Crippen molar-refractivity contribution in [3.8, 4) is 17.3 Å². The van der Waals surface area contributed by atoms with Gasteiger partial charge in [-0.1, -0.05) is 12.2 Å². The molecule has 0 aromatic carbocycles. The van der Waals surface area contributed by atoms with Gasteiger partial charge in [-0.25, -0.2) is 19.9 Å². The van der Waals surface area contributed by atoms with Crippen molar-refractivity contribution in [2.75, 3.05) is 48.3 Å². The molecule has 2 aliphatic heterocycles. The first kappa shape index (κ1) is 23.4. The Balaban J connectivity index is 1.25. The minimum atomic E-state index is -0.0628. The lowest BCUT2D eigenvalue weighted by Gasteiger charge is -2.17. The van der Waals surface area contributed by atoms with E-state index in [0.29, 0.717) is 41.1 Å². The van der Waals surface area contributed by atoms with Crippen LogP contribution in [0.4, 0.5) is 23.3 Å². The van der Waals surface area contributed by atoms with Gasteiger partial charge in [-0.3, -0.25) is 9.69 Å². The van der Waals surface area contributed by atoms with Crippen molar-refractivity contribution < 1.29 is 4.79 Å². The van der Waals surface area contributed by atoms with E-state index in [0.717, 1.165) is 56.6 Å². The summed E-state index contributed by atoms with van der Waals surface area (Å²) in [5.74, 6) is 1.49. The summed E-state index contributed by atoms with van der Waals surface area (Å²) < 4.78 is 0. The summed E-state index contributed by atoms with van der Waals surface area (Å²) in [6.45, 7) is 7.89. The molecule has 2 aliphatic rings. The summed E-state index contributed by atoms with van der Waals surface area (Å²) in [4.78, 5) is 34.2. The van der Waals surface area contributed by atoms with Crippen LogP contribution < -0.4 is 15.5 Å². The van der Waals surface area contributed by atoms with Gasteiger partial charge in [0, 0.05) is 31.0 Å². The van der Waals surface area contributed by atoms with Gasteiger partial charge in [0.2, 0.25) is 11.9 Å². The zero-order chi connectivity index (χ0) is 24.9. The number of nitrogens with one attached hydrogen (secondary N) is 2. The fourth-order valence-corrected chi connectivity index (χ4v) is 4.41. The van der Waals surface area contributed by atoms with Crippen LogP contribution in [0.3, 0.4) is 0 Å². The second-order valence-electron chi connectivity index (χ2n) is 8.98. The van der Waals surface area contributed by atoms with E-state index in [-0.39, 0.29) is 5.91 Å². The molecule has 5 rings (SSSR count). The molecule has 3 aromatic rings. The maximum atomic E-state index is 12.2. The number of rotatable bonds is 7. The first-order chi connectivity index (χ1) is 17.6. The van der Waals surface area contributed by atoms with Gasteiger partial charge in [-0.05, 0) is 56.6 Å². The summed E-state index contributed by atoms with van der Waals surface area (Å²) in [7, 11) is 0. The first-order valence-electron chi connectivity index (χ1n) is 12.0. The number of pyridine rings is 2. The lowest BCUT2D eigenvalue weighted by atomic mass is 10.1. The second kappa shape index (κ2) is 10.5. The Morgan fingerprint density at radius 3 is 2.69 bits per heavy atom. The number of hydrogen-bond donors (Lipinski definition) is 2. The Hall–Kier alpha value is -4.36. The van der Waals surface area contributed by atoms with Crippen molar-refractivity contribution in [1.82, 2.24) is 24.8 Å². The monoisotopic (exact) mass is 481 g/mol. The normalized spacial score (nSPS) is 15.6. The maximum absolute atomic E-state index is 12.2.